The van der Waals surface area contributed by atoms with Crippen LogP contribution in [0.2, 0.25) is 0 Å². The lowest BCUT2D eigenvalue weighted by atomic mass is 9.84. The molecule has 32 heavy (non-hydrogen) atoms. The first-order chi connectivity index (χ1) is 15.6. The van der Waals surface area contributed by atoms with Gasteiger partial charge in [-0.3, -0.25) is 9.69 Å². The van der Waals surface area contributed by atoms with Gasteiger partial charge in [0.15, 0.2) is 0 Å². The van der Waals surface area contributed by atoms with Crippen molar-refractivity contribution in [3.8, 4) is 0 Å². The predicted octanol–water partition coefficient (Wildman–Crippen LogP) is 4.24. The zero-order valence-corrected chi connectivity index (χ0v) is 18.4. The van der Waals surface area contributed by atoms with Crippen molar-refractivity contribution in [1.29, 1.82) is 0 Å². The molecule has 0 atom stereocenters. The largest absolute Gasteiger partial charge is 0.326 e. The lowest BCUT2D eigenvalue weighted by molar-refractivity contribution is -0.132. The highest BCUT2D eigenvalue weighted by Crippen LogP contribution is 2.27. The number of hydrogen-bond donors (Lipinski definition) is 1. The normalized spacial score (nSPS) is 15.2. The van der Waals surface area contributed by atoms with Gasteiger partial charge in [0.2, 0.25) is 0 Å². The molecule has 0 bridgehead atoms. The number of rotatable bonds is 9. The van der Waals surface area contributed by atoms with E-state index in [-0.39, 0.29) is 18.6 Å². The van der Waals surface area contributed by atoms with Crippen LogP contribution < -0.4 is 5.32 Å². The first-order valence-electron chi connectivity index (χ1n) is 11.1. The molecule has 5 nitrogen and oxygen atoms in total. The molecule has 0 aliphatic carbocycles. The summed E-state index contributed by atoms with van der Waals surface area (Å²) in [5, 5.41) is 3.07. The Kier molecular flexibility index (Phi) is 6.66. The highest BCUT2D eigenvalue weighted by molar-refractivity contribution is 6.07. The minimum absolute atomic E-state index is 0.165. The first kappa shape index (κ1) is 21.8. The van der Waals surface area contributed by atoms with Crippen LogP contribution in [-0.2, 0) is 24.2 Å². The molecule has 0 radical (unpaired) electrons. The summed E-state index contributed by atoms with van der Waals surface area (Å²) in [5.41, 5.74) is 2.21. The highest BCUT2D eigenvalue weighted by Gasteiger charge is 2.51. The second kappa shape index (κ2) is 9.79. The van der Waals surface area contributed by atoms with Gasteiger partial charge in [-0.1, -0.05) is 97.9 Å². The molecule has 3 aromatic carbocycles. The summed E-state index contributed by atoms with van der Waals surface area (Å²) in [6.07, 6.45) is 0.906. The zero-order valence-electron chi connectivity index (χ0n) is 18.4. The molecule has 1 aliphatic heterocycles. The average molecular weight is 428 g/mol. The standard InChI is InChI=1S/C27H29N3O2/c1-2-29(20-24-16-10-5-11-17-24)21-30-25(31)27(28-26(30)32,18-22-12-6-3-7-13-22)19-23-14-8-4-9-15-23/h3-17H,2,18-21H2,1H3,(H,28,32). The smallest absolute Gasteiger partial charge is 0.322 e. The van der Waals surface area contributed by atoms with Crippen LogP contribution in [0.5, 0.6) is 0 Å². The van der Waals surface area contributed by atoms with Crippen LogP contribution in [0.3, 0.4) is 0 Å². The quantitative estimate of drug-likeness (QED) is 0.520. The van der Waals surface area contributed by atoms with E-state index >= 15 is 0 Å². The average Bonchev–Trinajstić information content (AvgIpc) is 3.04. The molecule has 0 aromatic heterocycles. The number of hydrogen-bond acceptors (Lipinski definition) is 3. The monoisotopic (exact) mass is 427 g/mol. The third-order valence-electron chi connectivity index (χ3n) is 5.98. The molecule has 1 aliphatic rings. The van der Waals surface area contributed by atoms with E-state index in [9.17, 15) is 9.59 Å². The van der Waals surface area contributed by atoms with E-state index in [0.29, 0.717) is 19.4 Å². The van der Waals surface area contributed by atoms with E-state index in [1.54, 1.807) is 0 Å². The van der Waals surface area contributed by atoms with Crippen molar-refractivity contribution < 1.29 is 9.59 Å². The summed E-state index contributed by atoms with van der Waals surface area (Å²) in [6.45, 7) is 3.72. The Morgan fingerprint density at radius 2 is 1.22 bits per heavy atom. The van der Waals surface area contributed by atoms with Crippen LogP contribution in [0.25, 0.3) is 0 Å². The molecule has 164 valence electrons. The minimum atomic E-state index is -0.994. The van der Waals surface area contributed by atoms with E-state index in [4.69, 9.17) is 0 Å². The van der Waals surface area contributed by atoms with Gasteiger partial charge in [-0.15, -0.1) is 0 Å². The van der Waals surface area contributed by atoms with Crippen molar-refractivity contribution in [2.45, 2.75) is 31.8 Å². The van der Waals surface area contributed by atoms with E-state index in [0.717, 1.165) is 23.2 Å². The molecule has 0 spiro atoms. The summed E-state index contributed by atoms with van der Waals surface area (Å²) in [6, 6.07) is 29.5. The second-order valence-electron chi connectivity index (χ2n) is 8.34. The Labute approximate surface area is 189 Å². The number of nitrogens with zero attached hydrogens (tertiary/aromatic N) is 2. The minimum Gasteiger partial charge on any atom is -0.322 e. The van der Waals surface area contributed by atoms with E-state index in [1.165, 1.54) is 4.90 Å². The summed E-state index contributed by atoms with van der Waals surface area (Å²) in [5.74, 6) is -0.165. The van der Waals surface area contributed by atoms with Crippen molar-refractivity contribution in [2.75, 3.05) is 13.2 Å². The number of benzene rings is 3. The molecule has 1 N–H and O–H groups in total. The zero-order chi connectivity index (χ0) is 22.4. The van der Waals surface area contributed by atoms with Crippen molar-refractivity contribution in [1.82, 2.24) is 15.1 Å². The van der Waals surface area contributed by atoms with E-state index < -0.39 is 5.54 Å². The van der Waals surface area contributed by atoms with Gasteiger partial charge in [0.05, 0.1) is 6.67 Å². The maximum absolute atomic E-state index is 13.8. The summed E-state index contributed by atoms with van der Waals surface area (Å²) in [4.78, 5) is 30.3. The molecule has 0 saturated carbocycles. The molecule has 1 heterocycles. The molecular weight excluding hydrogens is 398 g/mol. The van der Waals surface area contributed by atoms with Crippen LogP contribution >= 0.6 is 0 Å². The highest BCUT2D eigenvalue weighted by atomic mass is 16.2. The topological polar surface area (TPSA) is 52.6 Å². The number of nitrogens with one attached hydrogen (secondary N) is 1. The fourth-order valence-electron chi connectivity index (χ4n) is 4.30. The summed E-state index contributed by atoms with van der Waals surface area (Å²) >= 11 is 0. The number of carbonyl (C=O) groups excluding carboxylic acids is 2. The Morgan fingerprint density at radius 1 is 0.750 bits per heavy atom. The molecule has 3 amide bonds. The summed E-state index contributed by atoms with van der Waals surface area (Å²) < 4.78 is 0. The number of urea groups is 1. The van der Waals surface area contributed by atoms with Crippen LogP contribution in [0.4, 0.5) is 4.79 Å². The van der Waals surface area contributed by atoms with Crippen molar-refractivity contribution >= 4 is 11.9 Å². The van der Waals surface area contributed by atoms with Gasteiger partial charge >= 0.3 is 6.03 Å². The Bertz CT molecular complexity index is 997. The molecular formula is C27H29N3O2. The Balaban J connectivity index is 1.58. The van der Waals surface area contributed by atoms with Crippen LogP contribution in [0.15, 0.2) is 91.0 Å². The Morgan fingerprint density at radius 3 is 1.69 bits per heavy atom. The fraction of sp³-hybridized carbons (Fsp3) is 0.259. The van der Waals surface area contributed by atoms with Crippen molar-refractivity contribution in [3.05, 3.63) is 108 Å². The van der Waals surface area contributed by atoms with Crippen LogP contribution in [0.1, 0.15) is 23.6 Å². The van der Waals surface area contributed by atoms with Crippen molar-refractivity contribution in [3.63, 3.8) is 0 Å². The molecule has 5 heteroatoms. The van der Waals surface area contributed by atoms with E-state index in [1.807, 2.05) is 85.8 Å². The van der Waals surface area contributed by atoms with Crippen LogP contribution in [-0.4, -0.2) is 40.5 Å². The van der Waals surface area contributed by atoms with Gasteiger partial charge in [-0.05, 0) is 23.2 Å². The van der Waals surface area contributed by atoms with Gasteiger partial charge in [0, 0.05) is 19.4 Å². The number of carbonyl (C=O) groups is 2. The Hall–Kier alpha value is -3.44. The molecule has 1 saturated heterocycles. The third kappa shape index (κ3) is 4.89. The predicted molar refractivity (Wildman–Crippen MR) is 126 cm³/mol. The maximum Gasteiger partial charge on any atom is 0.326 e. The molecule has 3 aromatic rings. The van der Waals surface area contributed by atoms with Gasteiger partial charge in [-0.2, -0.15) is 0 Å². The van der Waals surface area contributed by atoms with Gasteiger partial charge in [0.25, 0.3) is 5.91 Å². The van der Waals surface area contributed by atoms with E-state index in [2.05, 4.69) is 22.3 Å². The SMILES string of the molecule is CCN(Cc1ccccc1)CN1C(=O)NC(Cc2ccccc2)(Cc2ccccc2)C1=O. The van der Waals surface area contributed by atoms with Gasteiger partial charge in [0.1, 0.15) is 5.54 Å². The lowest BCUT2D eigenvalue weighted by Gasteiger charge is -2.29. The lowest BCUT2D eigenvalue weighted by Crippen LogP contribution is -2.51. The maximum atomic E-state index is 13.8. The third-order valence-corrected chi connectivity index (χ3v) is 5.98. The second-order valence-corrected chi connectivity index (χ2v) is 8.34. The first-order valence-corrected chi connectivity index (χ1v) is 11.1. The van der Waals surface area contributed by atoms with Crippen molar-refractivity contribution in [2.24, 2.45) is 0 Å². The fourth-order valence-corrected chi connectivity index (χ4v) is 4.30. The molecule has 1 fully saturated rings. The van der Waals surface area contributed by atoms with Gasteiger partial charge < -0.3 is 5.32 Å². The number of imide groups is 1. The number of amides is 3. The molecule has 0 unspecified atom stereocenters. The molecule has 4 rings (SSSR count). The summed E-state index contributed by atoms with van der Waals surface area (Å²) in [7, 11) is 0. The van der Waals surface area contributed by atoms with Crippen LogP contribution in [0, 0.1) is 0 Å². The van der Waals surface area contributed by atoms with Gasteiger partial charge in [-0.25, -0.2) is 9.69 Å².